The van der Waals surface area contributed by atoms with Crippen molar-refractivity contribution in [3.63, 3.8) is 0 Å². The number of rotatable bonds is 36. The highest BCUT2D eigenvalue weighted by molar-refractivity contribution is 5.72. The van der Waals surface area contributed by atoms with Gasteiger partial charge in [-0.15, -0.1) is 0 Å². The second-order valence-corrected chi connectivity index (χ2v) is 14.9. The molecule has 0 amide bonds. The van der Waals surface area contributed by atoms with Gasteiger partial charge in [0.2, 0.25) is 0 Å². The minimum absolute atomic E-state index is 0.0431. The van der Waals surface area contributed by atoms with Crippen LogP contribution in [0.25, 0.3) is 0 Å². The van der Waals surface area contributed by atoms with Crippen molar-refractivity contribution in [1.29, 1.82) is 0 Å². The summed E-state index contributed by atoms with van der Waals surface area (Å²) in [6, 6.07) is -0.606. The van der Waals surface area contributed by atoms with Crippen LogP contribution in [0, 0.1) is 0 Å². The van der Waals surface area contributed by atoms with Crippen molar-refractivity contribution >= 4 is 17.9 Å². The van der Waals surface area contributed by atoms with Crippen LogP contribution >= 0.6 is 0 Å². The summed E-state index contributed by atoms with van der Waals surface area (Å²) in [5.74, 6) is -1.46. The lowest BCUT2D eigenvalue weighted by atomic mass is 10.0. The molecule has 0 radical (unpaired) electrons. The molecule has 0 aromatic carbocycles. The molecular weight excluding hydrogens is 606 g/mol. The lowest BCUT2D eigenvalue weighted by molar-refractivity contribution is -0.887. The molecule has 0 aromatic rings. The van der Waals surface area contributed by atoms with Crippen LogP contribution in [-0.2, 0) is 28.6 Å². The number of quaternary nitrogens is 1. The van der Waals surface area contributed by atoms with Gasteiger partial charge < -0.3 is 23.8 Å². The Bertz CT molecular complexity index is 767. The molecule has 0 aliphatic carbocycles. The molecular formula is C40H78NO7+. The monoisotopic (exact) mass is 685 g/mol. The van der Waals surface area contributed by atoms with E-state index in [9.17, 15) is 19.5 Å². The van der Waals surface area contributed by atoms with Crippen LogP contribution < -0.4 is 0 Å². The van der Waals surface area contributed by atoms with Crippen LogP contribution in [0.1, 0.15) is 187 Å². The van der Waals surface area contributed by atoms with E-state index in [1.807, 2.05) is 21.1 Å². The first-order valence-electron chi connectivity index (χ1n) is 20.1. The number of nitrogens with zero attached hydrogens (tertiary/aromatic N) is 1. The molecule has 0 rings (SSSR count). The number of carbonyl (C=O) groups excluding carboxylic acids is 2. The highest BCUT2D eigenvalue weighted by atomic mass is 16.6. The number of carboxylic acids is 1. The van der Waals surface area contributed by atoms with Crippen molar-refractivity contribution < 1.29 is 38.2 Å². The molecule has 0 bridgehead atoms. The molecule has 1 N–H and O–H groups in total. The van der Waals surface area contributed by atoms with Crippen LogP contribution in [0.5, 0.6) is 0 Å². The zero-order chi connectivity index (χ0) is 35.7. The number of carbonyl (C=O) groups is 3. The van der Waals surface area contributed by atoms with Gasteiger partial charge in [0.25, 0.3) is 0 Å². The van der Waals surface area contributed by atoms with E-state index in [1.165, 1.54) is 116 Å². The molecule has 284 valence electrons. The number of ether oxygens (including phenoxy) is 3. The molecule has 0 aliphatic heterocycles. The molecule has 2 unspecified atom stereocenters. The van der Waals surface area contributed by atoms with Gasteiger partial charge in [-0.05, 0) is 12.8 Å². The minimum Gasteiger partial charge on any atom is -0.477 e. The number of unbranched alkanes of at least 4 members (excludes halogenated alkanes) is 22. The Hall–Kier alpha value is -1.67. The van der Waals surface area contributed by atoms with Gasteiger partial charge in [0, 0.05) is 19.3 Å². The summed E-state index contributed by atoms with van der Waals surface area (Å²) < 4.78 is 17.2. The normalized spacial score (nSPS) is 12.9. The zero-order valence-corrected chi connectivity index (χ0v) is 32.2. The molecule has 8 nitrogen and oxygen atoms in total. The lowest BCUT2D eigenvalue weighted by Crippen LogP contribution is -2.50. The average molecular weight is 685 g/mol. The van der Waals surface area contributed by atoms with E-state index in [0.717, 1.165) is 38.5 Å². The number of hydrogen-bond acceptors (Lipinski definition) is 6. The standard InChI is InChI=1S/C40H77NO7/c1-6-8-10-12-14-16-17-18-19-20-21-22-23-25-26-28-30-38(42)47-35-36(34-46-33-32-37(40(44)45)41(3,4)5)48-39(43)31-29-27-24-15-13-11-9-7-2/h36-37H,6-35H2,1-5H3/p+1. The fourth-order valence-electron chi connectivity index (χ4n) is 6.09. The molecule has 2 atom stereocenters. The van der Waals surface area contributed by atoms with Crippen LogP contribution in [-0.4, -0.2) is 80.6 Å². The van der Waals surface area contributed by atoms with Crippen LogP contribution in [0.2, 0.25) is 0 Å². The average Bonchev–Trinajstić information content (AvgIpc) is 3.03. The molecule has 48 heavy (non-hydrogen) atoms. The van der Waals surface area contributed by atoms with Crippen molar-refractivity contribution in [2.75, 3.05) is 41.0 Å². The third-order valence-electron chi connectivity index (χ3n) is 9.26. The first-order chi connectivity index (χ1) is 23.1. The van der Waals surface area contributed by atoms with E-state index in [2.05, 4.69) is 13.8 Å². The molecule has 8 heteroatoms. The predicted molar refractivity (Wildman–Crippen MR) is 197 cm³/mol. The largest absolute Gasteiger partial charge is 0.477 e. The molecule has 0 fully saturated rings. The van der Waals surface area contributed by atoms with Crippen LogP contribution in [0.15, 0.2) is 0 Å². The minimum atomic E-state index is -0.873. The molecule has 0 saturated heterocycles. The SMILES string of the molecule is CCCCCCCCCCCCCCCCCCC(=O)OCC(COCCC(C(=O)O)[N+](C)(C)C)OC(=O)CCCCCCCCCC. The van der Waals surface area contributed by atoms with E-state index in [4.69, 9.17) is 14.2 Å². The Morgan fingerprint density at radius 1 is 0.542 bits per heavy atom. The van der Waals surface area contributed by atoms with Gasteiger partial charge in [0.15, 0.2) is 12.1 Å². The van der Waals surface area contributed by atoms with Crippen molar-refractivity contribution in [1.82, 2.24) is 0 Å². The number of hydrogen-bond donors (Lipinski definition) is 1. The molecule has 0 heterocycles. The highest BCUT2D eigenvalue weighted by Gasteiger charge is 2.31. The third-order valence-corrected chi connectivity index (χ3v) is 9.26. The van der Waals surface area contributed by atoms with E-state index in [-0.39, 0.29) is 36.2 Å². The molecule has 0 aliphatic rings. The topological polar surface area (TPSA) is 99.1 Å². The van der Waals surface area contributed by atoms with Gasteiger partial charge >= 0.3 is 17.9 Å². The Morgan fingerprint density at radius 2 is 0.917 bits per heavy atom. The van der Waals surface area contributed by atoms with Gasteiger partial charge in [0.1, 0.15) is 6.61 Å². The van der Waals surface area contributed by atoms with E-state index < -0.39 is 18.1 Å². The molecule has 0 aromatic heterocycles. The number of esters is 2. The van der Waals surface area contributed by atoms with E-state index >= 15 is 0 Å². The number of aliphatic carboxylic acids is 1. The Kier molecular flexibility index (Phi) is 31.4. The van der Waals surface area contributed by atoms with Crippen molar-refractivity contribution in [3.05, 3.63) is 0 Å². The van der Waals surface area contributed by atoms with Crippen molar-refractivity contribution in [2.45, 2.75) is 199 Å². The highest BCUT2D eigenvalue weighted by Crippen LogP contribution is 2.15. The smallest absolute Gasteiger partial charge is 0.362 e. The van der Waals surface area contributed by atoms with Gasteiger partial charge in [-0.1, -0.05) is 155 Å². The first kappa shape index (κ1) is 46.3. The predicted octanol–water partition coefficient (Wildman–Crippen LogP) is 10.2. The Labute approximate surface area is 296 Å². The molecule has 0 saturated carbocycles. The Morgan fingerprint density at radius 3 is 1.29 bits per heavy atom. The summed E-state index contributed by atoms with van der Waals surface area (Å²) in [5.41, 5.74) is 0. The maximum atomic E-state index is 12.6. The Balaban J connectivity index is 4.26. The van der Waals surface area contributed by atoms with Gasteiger partial charge in [-0.25, -0.2) is 4.79 Å². The summed E-state index contributed by atoms with van der Waals surface area (Å²) in [5, 5.41) is 9.57. The quantitative estimate of drug-likeness (QED) is 0.0398. The lowest BCUT2D eigenvalue weighted by Gasteiger charge is -2.31. The maximum Gasteiger partial charge on any atom is 0.362 e. The summed E-state index contributed by atoms with van der Waals surface area (Å²) in [4.78, 5) is 36.7. The van der Waals surface area contributed by atoms with Crippen LogP contribution in [0.3, 0.4) is 0 Å². The number of likely N-dealkylation sites (N-methyl/N-ethyl adjacent to an activating group) is 1. The third kappa shape index (κ3) is 30.4. The van der Waals surface area contributed by atoms with Crippen molar-refractivity contribution in [3.8, 4) is 0 Å². The maximum absolute atomic E-state index is 12.6. The second-order valence-electron chi connectivity index (χ2n) is 14.9. The summed E-state index contributed by atoms with van der Waals surface area (Å²) in [6.45, 7) is 4.72. The van der Waals surface area contributed by atoms with E-state index in [1.54, 1.807) is 0 Å². The second kappa shape index (κ2) is 32.5. The summed E-state index contributed by atoms with van der Waals surface area (Å²) >= 11 is 0. The van der Waals surface area contributed by atoms with Crippen molar-refractivity contribution in [2.24, 2.45) is 0 Å². The first-order valence-corrected chi connectivity index (χ1v) is 20.1. The summed E-state index contributed by atoms with van der Waals surface area (Å²) in [7, 11) is 5.52. The van der Waals surface area contributed by atoms with E-state index in [0.29, 0.717) is 19.3 Å². The van der Waals surface area contributed by atoms with Gasteiger partial charge in [-0.3, -0.25) is 9.59 Å². The van der Waals surface area contributed by atoms with Crippen LogP contribution in [0.4, 0.5) is 0 Å². The van der Waals surface area contributed by atoms with Gasteiger partial charge in [0.05, 0.1) is 34.4 Å². The number of carboxylic acid groups (broad SMARTS) is 1. The fourth-order valence-corrected chi connectivity index (χ4v) is 6.09. The molecule has 0 spiro atoms. The zero-order valence-electron chi connectivity index (χ0n) is 32.2. The summed E-state index contributed by atoms with van der Waals surface area (Å²) in [6.07, 6.45) is 30.0. The fraction of sp³-hybridized carbons (Fsp3) is 0.925. The van der Waals surface area contributed by atoms with Gasteiger partial charge in [-0.2, -0.15) is 0 Å².